The highest BCUT2D eigenvalue weighted by molar-refractivity contribution is 6.42. The number of hydrogen-bond acceptors (Lipinski definition) is 4. The minimum Gasteiger partial charge on any atom is -0.468 e. The van der Waals surface area contributed by atoms with Crippen molar-refractivity contribution in [2.75, 3.05) is 7.11 Å². The molecule has 0 N–H and O–H groups in total. The molecule has 0 aliphatic heterocycles. The summed E-state index contributed by atoms with van der Waals surface area (Å²) in [7, 11) is 1.18. The van der Waals surface area contributed by atoms with Crippen molar-refractivity contribution in [1.82, 2.24) is 0 Å². The van der Waals surface area contributed by atoms with E-state index in [1.165, 1.54) is 13.2 Å². The minimum absolute atomic E-state index is 0.0660. The lowest BCUT2D eigenvalue weighted by atomic mass is 10.1. The third-order valence-electron chi connectivity index (χ3n) is 2.17. The fraction of sp³-hybridized carbons (Fsp3) is 0.300. The molecule has 0 amide bonds. The first-order valence-electron chi connectivity index (χ1n) is 4.71. The average Bonchev–Trinajstić information content (AvgIpc) is 2.31. The van der Waals surface area contributed by atoms with Crippen LogP contribution in [0.4, 0.5) is 5.69 Å². The van der Waals surface area contributed by atoms with E-state index in [0.717, 1.165) is 6.07 Å². The number of nitro benzene ring substituents is 1. The highest BCUT2D eigenvalue weighted by Gasteiger charge is 2.23. The minimum atomic E-state index is -1.02. The van der Waals surface area contributed by atoms with Gasteiger partial charge in [0.1, 0.15) is 5.38 Å². The third kappa shape index (κ3) is 3.48. The lowest BCUT2D eigenvalue weighted by Gasteiger charge is -2.08. The quantitative estimate of drug-likeness (QED) is 0.370. The van der Waals surface area contributed by atoms with Gasteiger partial charge in [-0.2, -0.15) is 0 Å². The molecule has 0 aromatic heterocycles. The molecule has 0 aliphatic carbocycles. The van der Waals surface area contributed by atoms with Gasteiger partial charge in [-0.3, -0.25) is 14.9 Å². The number of nitrogens with zero attached hydrogens (tertiary/aromatic N) is 1. The van der Waals surface area contributed by atoms with Crippen LogP contribution in [0.3, 0.4) is 0 Å². The van der Waals surface area contributed by atoms with Crippen molar-refractivity contribution in [1.29, 1.82) is 0 Å². The molecular formula is C10H8Cl3NO4. The molecule has 0 saturated carbocycles. The molecule has 1 aromatic rings. The highest BCUT2D eigenvalue weighted by Crippen LogP contribution is 2.31. The molecule has 18 heavy (non-hydrogen) atoms. The van der Waals surface area contributed by atoms with Crippen molar-refractivity contribution in [3.05, 3.63) is 37.9 Å². The third-order valence-corrected chi connectivity index (χ3v) is 3.23. The molecule has 0 spiro atoms. The molecule has 1 unspecified atom stereocenters. The van der Waals surface area contributed by atoms with E-state index in [4.69, 9.17) is 34.8 Å². The van der Waals surface area contributed by atoms with E-state index in [2.05, 4.69) is 4.74 Å². The second kappa shape index (κ2) is 6.22. The maximum absolute atomic E-state index is 11.2. The molecule has 0 aliphatic rings. The summed E-state index contributed by atoms with van der Waals surface area (Å²) < 4.78 is 4.44. The average molecular weight is 313 g/mol. The first-order chi connectivity index (χ1) is 8.36. The SMILES string of the molecule is COC(=O)C(Cl)Cc1cc(Cl)c(Cl)cc1[N+](=O)[O-]. The maximum Gasteiger partial charge on any atom is 0.324 e. The van der Waals surface area contributed by atoms with Gasteiger partial charge < -0.3 is 4.74 Å². The lowest BCUT2D eigenvalue weighted by molar-refractivity contribution is -0.385. The predicted molar refractivity (Wildman–Crippen MR) is 68.5 cm³/mol. The number of alkyl halides is 1. The number of carbonyl (C=O) groups excluding carboxylic acids is 1. The Morgan fingerprint density at radius 2 is 2.00 bits per heavy atom. The normalized spacial score (nSPS) is 12.0. The van der Waals surface area contributed by atoms with Crippen molar-refractivity contribution >= 4 is 46.5 Å². The van der Waals surface area contributed by atoms with Gasteiger partial charge in [0.2, 0.25) is 0 Å². The Balaban J connectivity index is 3.11. The number of benzene rings is 1. The van der Waals surface area contributed by atoms with Crippen LogP contribution in [0.1, 0.15) is 5.56 Å². The Morgan fingerprint density at radius 3 is 2.50 bits per heavy atom. The summed E-state index contributed by atoms with van der Waals surface area (Å²) in [4.78, 5) is 21.4. The molecule has 8 heteroatoms. The summed E-state index contributed by atoms with van der Waals surface area (Å²) in [6.07, 6.45) is -0.0680. The zero-order chi connectivity index (χ0) is 13.9. The highest BCUT2D eigenvalue weighted by atomic mass is 35.5. The standard InChI is InChI=1S/C10H8Cl3NO4/c1-18-10(15)8(13)3-5-2-6(11)7(12)4-9(5)14(16)17/h2,4,8H,3H2,1H3. The molecule has 0 bridgehead atoms. The van der Waals surface area contributed by atoms with Crippen LogP contribution in [0.25, 0.3) is 0 Å². The van der Waals surface area contributed by atoms with E-state index in [1.807, 2.05) is 0 Å². The van der Waals surface area contributed by atoms with Gasteiger partial charge in [-0.05, 0) is 6.07 Å². The van der Waals surface area contributed by atoms with Gasteiger partial charge in [-0.25, -0.2) is 0 Å². The van der Waals surface area contributed by atoms with Crippen molar-refractivity contribution < 1.29 is 14.5 Å². The fourth-order valence-electron chi connectivity index (χ4n) is 1.32. The van der Waals surface area contributed by atoms with Crippen LogP contribution < -0.4 is 0 Å². The van der Waals surface area contributed by atoms with E-state index in [1.54, 1.807) is 0 Å². The van der Waals surface area contributed by atoms with Crippen LogP contribution in [0.15, 0.2) is 12.1 Å². The fourth-order valence-corrected chi connectivity index (χ4v) is 1.91. The van der Waals surface area contributed by atoms with Crippen molar-refractivity contribution in [2.24, 2.45) is 0 Å². The number of halogens is 3. The molecule has 0 saturated heterocycles. The number of ether oxygens (including phenoxy) is 1. The number of rotatable bonds is 4. The van der Waals surface area contributed by atoms with E-state index < -0.39 is 16.3 Å². The smallest absolute Gasteiger partial charge is 0.324 e. The molecule has 0 heterocycles. The topological polar surface area (TPSA) is 69.4 Å². The Bertz CT molecular complexity index is 492. The summed E-state index contributed by atoms with van der Waals surface area (Å²) in [6, 6.07) is 2.44. The van der Waals surface area contributed by atoms with E-state index in [0.29, 0.717) is 0 Å². The molecule has 5 nitrogen and oxygen atoms in total. The first-order valence-corrected chi connectivity index (χ1v) is 5.90. The number of nitro groups is 1. The van der Waals surface area contributed by atoms with Crippen LogP contribution in [0.2, 0.25) is 10.0 Å². The van der Waals surface area contributed by atoms with E-state index in [-0.39, 0.29) is 27.7 Å². The van der Waals surface area contributed by atoms with Crippen molar-refractivity contribution in [3.8, 4) is 0 Å². The van der Waals surface area contributed by atoms with Gasteiger partial charge in [0.25, 0.3) is 5.69 Å². The van der Waals surface area contributed by atoms with Crippen LogP contribution in [0, 0.1) is 10.1 Å². The zero-order valence-electron chi connectivity index (χ0n) is 9.15. The Morgan fingerprint density at radius 1 is 1.44 bits per heavy atom. The molecule has 0 fully saturated rings. The number of carbonyl (C=O) groups is 1. The van der Waals surface area contributed by atoms with Gasteiger partial charge in [0.05, 0.1) is 22.1 Å². The summed E-state index contributed by atoms with van der Waals surface area (Å²) in [5, 5.41) is 10.1. The van der Waals surface area contributed by atoms with Crippen LogP contribution in [0.5, 0.6) is 0 Å². The predicted octanol–water partition coefficient (Wildman–Crippen LogP) is 3.22. The summed E-state index contributed by atoms with van der Waals surface area (Å²) >= 11 is 17.2. The van der Waals surface area contributed by atoms with Gasteiger partial charge in [0.15, 0.2) is 0 Å². The Kier molecular flexibility index (Phi) is 5.19. The Labute approximate surface area is 118 Å². The van der Waals surface area contributed by atoms with Gasteiger partial charge in [0, 0.05) is 18.1 Å². The van der Waals surface area contributed by atoms with E-state index >= 15 is 0 Å². The van der Waals surface area contributed by atoms with Crippen LogP contribution >= 0.6 is 34.8 Å². The van der Waals surface area contributed by atoms with Crippen LogP contribution in [-0.2, 0) is 16.0 Å². The van der Waals surface area contributed by atoms with Crippen molar-refractivity contribution in [3.63, 3.8) is 0 Å². The molecule has 0 radical (unpaired) electrons. The summed E-state index contributed by atoms with van der Waals surface area (Å²) in [5.74, 6) is -0.669. The summed E-state index contributed by atoms with van der Waals surface area (Å²) in [5.41, 5.74) is -0.0150. The molecule has 1 rings (SSSR count). The van der Waals surface area contributed by atoms with E-state index in [9.17, 15) is 14.9 Å². The molecule has 98 valence electrons. The monoisotopic (exact) mass is 311 g/mol. The second-order valence-electron chi connectivity index (χ2n) is 3.35. The summed E-state index contributed by atoms with van der Waals surface area (Å²) in [6.45, 7) is 0. The van der Waals surface area contributed by atoms with Crippen molar-refractivity contribution in [2.45, 2.75) is 11.8 Å². The van der Waals surface area contributed by atoms with Gasteiger partial charge >= 0.3 is 5.97 Å². The van der Waals surface area contributed by atoms with Crippen LogP contribution in [-0.4, -0.2) is 23.4 Å². The molecule has 1 atom stereocenters. The number of esters is 1. The number of methoxy groups -OCH3 is 1. The Hall–Kier alpha value is -1.04. The number of hydrogen-bond donors (Lipinski definition) is 0. The molecular weight excluding hydrogens is 304 g/mol. The second-order valence-corrected chi connectivity index (χ2v) is 4.69. The lowest BCUT2D eigenvalue weighted by Crippen LogP contribution is -2.19. The zero-order valence-corrected chi connectivity index (χ0v) is 11.4. The van der Waals surface area contributed by atoms with Gasteiger partial charge in [-0.15, -0.1) is 11.6 Å². The molecule has 1 aromatic carbocycles. The van der Waals surface area contributed by atoms with Gasteiger partial charge in [-0.1, -0.05) is 23.2 Å². The first kappa shape index (κ1) is 15.0. The largest absolute Gasteiger partial charge is 0.468 e. The maximum atomic E-state index is 11.2.